The minimum absolute atomic E-state index is 0.148. The van der Waals surface area contributed by atoms with E-state index in [0.717, 1.165) is 18.8 Å². The SMILES string of the molecule is CCC(C)(CC(C)(C)C(N)=O)C1CCCCCCCCCCC1. The molecule has 1 aliphatic carbocycles. The van der Waals surface area contributed by atoms with Crippen LogP contribution in [0.5, 0.6) is 0 Å². The van der Waals surface area contributed by atoms with Crippen LogP contribution in [0.25, 0.3) is 0 Å². The highest BCUT2D eigenvalue weighted by atomic mass is 16.1. The minimum Gasteiger partial charge on any atom is -0.369 e. The Labute approximate surface area is 145 Å². The first-order valence-corrected chi connectivity index (χ1v) is 10.1. The van der Waals surface area contributed by atoms with Gasteiger partial charge < -0.3 is 5.73 Å². The van der Waals surface area contributed by atoms with Crippen molar-refractivity contribution < 1.29 is 4.79 Å². The maximum Gasteiger partial charge on any atom is 0.223 e. The second-order valence-electron chi connectivity index (χ2n) is 8.89. The van der Waals surface area contributed by atoms with Crippen LogP contribution < -0.4 is 5.73 Å². The number of primary amides is 1. The summed E-state index contributed by atoms with van der Waals surface area (Å²) < 4.78 is 0. The van der Waals surface area contributed by atoms with Crippen LogP contribution in [0.1, 0.15) is 111 Å². The van der Waals surface area contributed by atoms with Gasteiger partial charge in [-0.05, 0) is 30.6 Å². The van der Waals surface area contributed by atoms with E-state index in [1.165, 1.54) is 70.6 Å². The third-order valence-electron chi connectivity index (χ3n) is 6.41. The van der Waals surface area contributed by atoms with Crippen molar-refractivity contribution in [3.8, 4) is 0 Å². The molecule has 1 aliphatic rings. The average Bonchev–Trinajstić information content (AvgIpc) is 2.47. The Hall–Kier alpha value is -0.530. The summed E-state index contributed by atoms with van der Waals surface area (Å²) in [6.45, 7) is 8.76. The van der Waals surface area contributed by atoms with Gasteiger partial charge >= 0.3 is 0 Å². The van der Waals surface area contributed by atoms with E-state index in [0.29, 0.717) is 0 Å². The highest BCUT2D eigenvalue weighted by Crippen LogP contribution is 2.46. The van der Waals surface area contributed by atoms with Crippen LogP contribution in [0.3, 0.4) is 0 Å². The standard InChI is InChI=1S/C21H41NO/c1-5-21(4,17-20(2,3)19(22)23)18-15-13-11-9-7-6-8-10-12-14-16-18/h18H,5-17H2,1-4H3,(H2,22,23). The van der Waals surface area contributed by atoms with Crippen LogP contribution in [0, 0.1) is 16.7 Å². The normalized spacial score (nSPS) is 22.6. The zero-order valence-corrected chi connectivity index (χ0v) is 16.3. The third-order valence-corrected chi connectivity index (χ3v) is 6.41. The fourth-order valence-electron chi connectivity index (χ4n) is 4.51. The number of amides is 1. The molecular weight excluding hydrogens is 282 g/mol. The highest BCUT2D eigenvalue weighted by molar-refractivity contribution is 5.79. The first-order valence-electron chi connectivity index (χ1n) is 10.1. The Morgan fingerprint density at radius 3 is 1.61 bits per heavy atom. The van der Waals surface area contributed by atoms with Gasteiger partial charge in [-0.1, -0.05) is 91.9 Å². The van der Waals surface area contributed by atoms with Crippen molar-refractivity contribution in [3.05, 3.63) is 0 Å². The van der Waals surface area contributed by atoms with E-state index >= 15 is 0 Å². The fourth-order valence-corrected chi connectivity index (χ4v) is 4.51. The van der Waals surface area contributed by atoms with Crippen LogP contribution in [-0.2, 0) is 4.79 Å². The van der Waals surface area contributed by atoms with E-state index in [4.69, 9.17) is 5.73 Å². The van der Waals surface area contributed by atoms with Crippen molar-refractivity contribution in [3.63, 3.8) is 0 Å². The van der Waals surface area contributed by atoms with Crippen molar-refractivity contribution in [1.29, 1.82) is 0 Å². The van der Waals surface area contributed by atoms with Gasteiger partial charge in [-0.2, -0.15) is 0 Å². The molecule has 2 N–H and O–H groups in total. The van der Waals surface area contributed by atoms with Crippen molar-refractivity contribution in [2.45, 2.75) is 111 Å². The van der Waals surface area contributed by atoms with Gasteiger partial charge in [-0.3, -0.25) is 4.79 Å². The van der Waals surface area contributed by atoms with Gasteiger partial charge in [0.15, 0.2) is 0 Å². The number of hydrogen-bond acceptors (Lipinski definition) is 1. The molecule has 136 valence electrons. The van der Waals surface area contributed by atoms with E-state index in [-0.39, 0.29) is 11.3 Å². The van der Waals surface area contributed by atoms with Crippen LogP contribution in [-0.4, -0.2) is 5.91 Å². The van der Waals surface area contributed by atoms with Crippen molar-refractivity contribution >= 4 is 5.91 Å². The Morgan fingerprint density at radius 2 is 1.26 bits per heavy atom. The van der Waals surface area contributed by atoms with Gasteiger partial charge in [0.05, 0.1) is 0 Å². The minimum atomic E-state index is -0.394. The van der Waals surface area contributed by atoms with Gasteiger partial charge in [0.2, 0.25) is 5.91 Å². The summed E-state index contributed by atoms with van der Waals surface area (Å²) >= 11 is 0. The van der Waals surface area contributed by atoms with Gasteiger partial charge in [0.25, 0.3) is 0 Å². The molecule has 0 bridgehead atoms. The molecule has 1 saturated carbocycles. The summed E-state index contributed by atoms with van der Waals surface area (Å²) in [6, 6.07) is 0. The molecule has 2 nitrogen and oxygen atoms in total. The van der Waals surface area contributed by atoms with Crippen molar-refractivity contribution in [2.24, 2.45) is 22.5 Å². The molecule has 0 saturated heterocycles. The lowest BCUT2D eigenvalue weighted by Gasteiger charge is -2.42. The molecule has 2 heteroatoms. The summed E-state index contributed by atoms with van der Waals surface area (Å²) in [7, 11) is 0. The monoisotopic (exact) mass is 323 g/mol. The zero-order chi connectivity index (χ0) is 17.3. The number of carbonyl (C=O) groups excluding carboxylic acids is 1. The third kappa shape index (κ3) is 6.85. The molecule has 0 aromatic rings. The number of rotatable bonds is 5. The number of nitrogens with two attached hydrogens (primary N) is 1. The lowest BCUT2D eigenvalue weighted by atomic mass is 9.63. The summed E-state index contributed by atoms with van der Waals surface area (Å²) in [5.41, 5.74) is 5.51. The largest absolute Gasteiger partial charge is 0.369 e. The first kappa shape index (κ1) is 20.5. The molecule has 0 spiro atoms. The second kappa shape index (κ2) is 9.69. The summed E-state index contributed by atoms with van der Waals surface area (Å²) in [5, 5.41) is 0. The zero-order valence-electron chi connectivity index (χ0n) is 16.3. The summed E-state index contributed by atoms with van der Waals surface area (Å²) in [5.74, 6) is 0.593. The highest BCUT2D eigenvalue weighted by Gasteiger charge is 2.39. The topological polar surface area (TPSA) is 43.1 Å². The van der Waals surface area contributed by atoms with E-state index in [1.807, 2.05) is 13.8 Å². The molecule has 0 aromatic carbocycles. The van der Waals surface area contributed by atoms with Gasteiger partial charge in [-0.25, -0.2) is 0 Å². The number of carbonyl (C=O) groups is 1. The predicted molar refractivity (Wildman–Crippen MR) is 100 cm³/mol. The summed E-state index contributed by atoms with van der Waals surface area (Å²) in [4.78, 5) is 11.8. The molecular formula is C21H41NO. The van der Waals surface area contributed by atoms with Gasteiger partial charge in [0, 0.05) is 5.41 Å². The van der Waals surface area contributed by atoms with Gasteiger partial charge in [-0.15, -0.1) is 0 Å². The average molecular weight is 324 g/mol. The Morgan fingerprint density at radius 1 is 0.870 bits per heavy atom. The summed E-state index contributed by atoms with van der Waals surface area (Å²) in [6.07, 6.45) is 17.3. The van der Waals surface area contributed by atoms with Crippen LogP contribution in [0.4, 0.5) is 0 Å². The van der Waals surface area contributed by atoms with Crippen LogP contribution in [0.2, 0.25) is 0 Å². The lowest BCUT2D eigenvalue weighted by Crippen LogP contribution is -2.39. The molecule has 23 heavy (non-hydrogen) atoms. The molecule has 0 radical (unpaired) electrons. The fraction of sp³-hybridized carbons (Fsp3) is 0.952. The van der Waals surface area contributed by atoms with Crippen LogP contribution >= 0.6 is 0 Å². The van der Waals surface area contributed by atoms with Crippen LogP contribution in [0.15, 0.2) is 0 Å². The Bertz CT molecular complexity index is 338. The molecule has 0 aliphatic heterocycles. The van der Waals surface area contributed by atoms with E-state index in [2.05, 4.69) is 13.8 Å². The lowest BCUT2D eigenvalue weighted by molar-refractivity contribution is -0.128. The Balaban J connectivity index is 2.77. The number of hydrogen-bond donors (Lipinski definition) is 1. The van der Waals surface area contributed by atoms with E-state index in [1.54, 1.807) is 0 Å². The predicted octanol–water partition coefficient (Wildman–Crippen LogP) is 6.23. The molecule has 0 aromatic heterocycles. The quantitative estimate of drug-likeness (QED) is 0.640. The molecule has 1 amide bonds. The van der Waals surface area contributed by atoms with Crippen molar-refractivity contribution in [1.82, 2.24) is 0 Å². The maximum absolute atomic E-state index is 11.8. The molecule has 1 fully saturated rings. The maximum atomic E-state index is 11.8. The molecule has 0 heterocycles. The van der Waals surface area contributed by atoms with E-state index < -0.39 is 5.41 Å². The second-order valence-corrected chi connectivity index (χ2v) is 8.89. The molecule has 1 unspecified atom stereocenters. The smallest absolute Gasteiger partial charge is 0.223 e. The van der Waals surface area contributed by atoms with Gasteiger partial charge in [0.1, 0.15) is 0 Å². The van der Waals surface area contributed by atoms with Crippen molar-refractivity contribution in [2.75, 3.05) is 0 Å². The molecule has 1 rings (SSSR count). The van der Waals surface area contributed by atoms with E-state index in [9.17, 15) is 4.79 Å². The Kier molecular flexibility index (Phi) is 8.64. The first-order chi connectivity index (χ1) is 10.8. The molecule has 1 atom stereocenters.